The van der Waals surface area contributed by atoms with Gasteiger partial charge in [0.1, 0.15) is 0 Å². The van der Waals surface area contributed by atoms with Gasteiger partial charge in [0.25, 0.3) is 0 Å². The third-order valence-electron chi connectivity index (χ3n) is 7.26. The number of benzene rings is 1. The summed E-state index contributed by atoms with van der Waals surface area (Å²) in [5.41, 5.74) is 5.26. The third kappa shape index (κ3) is 5.28. The maximum Gasteiger partial charge on any atom is 0.0953 e. The zero-order valence-corrected chi connectivity index (χ0v) is 18.2. The summed E-state index contributed by atoms with van der Waals surface area (Å²) in [5, 5.41) is 9.87. The number of hydrogen-bond acceptors (Lipinski definition) is 1. The van der Waals surface area contributed by atoms with E-state index in [0.29, 0.717) is 5.92 Å². The number of hydrogen-bond donors (Lipinski definition) is 0. The van der Waals surface area contributed by atoms with Crippen molar-refractivity contribution in [2.45, 2.75) is 103 Å². The van der Waals surface area contributed by atoms with Crippen LogP contribution in [-0.2, 0) is 0 Å². The molecule has 2 aliphatic rings. The molecule has 152 valence electrons. The Hall–Kier alpha value is -1.55. The monoisotopic (exact) mass is 377 g/mol. The zero-order valence-electron chi connectivity index (χ0n) is 18.2. The largest absolute Gasteiger partial charge is 0.193 e. The van der Waals surface area contributed by atoms with Crippen molar-refractivity contribution in [2.24, 2.45) is 11.8 Å². The van der Waals surface area contributed by atoms with Crippen LogP contribution in [0.15, 0.2) is 29.8 Å². The number of allylic oxidation sites excluding steroid dienone is 2. The predicted octanol–water partition coefficient (Wildman–Crippen LogP) is 8.42. The second kappa shape index (κ2) is 10.8. The van der Waals surface area contributed by atoms with Crippen LogP contribution < -0.4 is 0 Å². The molecule has 1 saturated carbocycles. The molecule has 0 N–H and O–H groups in total. The first-order valence-electron chi connectivity index (χ1n) is 12.0. The predicted molar refractivity (Wildman–Crippen MR) is 120 cm³/mol. The lowest BCUT2D eigenvalue weighted by Gasteiger charge is -2.29. The summed E-state index contributed by atoms with van der Waals surface area (Å²) >= 11 is 0. The van der Waals surface area contributed by atoms with Gasteiger partial charge in [0.05, 0.1) is 6.07 Å². The van der Waals surface area contributed by atoms with Crippen molar-refractivity contribution in [3.05, 3.63) is 41.0 Å². The van der Waals surface area contributed by atoms with Crippen molar-refractivity contribution in [3.63, 3.8) is 0 Å². The molecule has 1 unspecified atom stereocenters. The number of unbranched alkanes of at least 4 members (excludes halogenated alkanes) is 2. The average molecular weight is 378 g/mol. The molecule has 2 aliphatic carbocycles. The summed E-state index contributed by atoms with van der Waals surface area (Å²) < 4.78 is 0. The zero-order chi connectivity index (χ0) is 19.8. The highest BCUT2D eigenvalue weighted by Crippen LogP contribution is 2.40. The molecule has 0 amide bonds. The molecule has 0 spiro atoms. The molecule has 1 nitrogen and oxygen atoms in total. The van der Waals surface area contributed by atoms with E-state index in [1.165, 1.54) is 93.7 Å². The van der Waals surface area contributed by atoms with Crippen LogP contribution in [0, 0.1) is 23.2 Å². The lowest BCUT2D eigenvalue weighted by molar-refractivity contribution is 0.308. The van der Waals surface area contributed by atoms with Crippen molar-refractivity contribution in [1.29, 1.82) is 5.26 Å². The minimum Gasteiger partial charge on any atom is -0.193 e. The molecular weight excluding hydrogens is 338 g/mol. The first-order valence-corrected chi connectivity index (χ1v) is 12.0. The molecule has 1 atom stereocenters. The van der Waals surface area contributed by atoms with Gasteiger partial charge < -0.3 is 0 Å². The first-order chi connectivity index (χ1) is 13.8. The molecular formula is C27H39N. The highest BCUT2D eigenvalue weighted by molar-refractivity contribution is 5.73. The maximum atomic E-state index is 9.87. The quantitative estimate of drug-likeness (QED) is 0.417. The Kier molecular flexibility index (Phi) is 8.20. The Balaban J connectivity index is 1.69. The molecule has 28 heavy (non-hydrogen) atoms. The van der Waals surface area contributed by atoms with Crippen LogP contribution in [0.1, 0.15) is 114 Å². The van der Waals surface area contributed by atoms with Crippen LogP contribution in [-0.4, -0.2) is 0 Å². The van der Waals surface area contributed by atoms with Gasteiger partial charge in [-0.3, -0.25) is 0 Å². The third-order valence-corrected chi connectivity index (χ3v) is 7.26. The Morgan fingerprint density at radius 2 is 1.64 bits per heavy atom. The summed E-state index contributed by atoms with van der Waals surface area (Å²) in [7, 11) is 0. The van der Waals surface area contributed by atoms with Gasteiger partial charge in [-0.15, -0.1) is 0 Å². The molecule has 0 aromatic heterocycles. The summed E-state index contributed by atoms with van der Waals surface area (Å²) in [6.07, 6.45) is 16.8. The van der Waals surface area contributed by atoms with E-state index in [1.54, 1.807) is 0 Å². The van der Waals surface area contributed by atoms with Crippen LogP contribution in [0.25, 0.3) is 5.57 Å². The van der Waals surface area contributed by atoms with Crippen LogP contribution in [0.5, 0.6) is 0 Å². The molecule has 1 heteroatoms. The van der Waals surface area contributed by atoms with Gasteiger partial charge in [0, 0.05) is 5.57 Å². The van der Waals surface area contributed by atoms with Crippen molar-refractivity contribution in [2.75, 3.05) is 0 Å². The fraction of sp³-hybridized carbons (Fsp3) is 0.667. The van der Waals surface area contributed by atoms with E-state index in [-0.39, 0.29) is 0 Å². The van der Waals surface area contributed by atoms with Gasteiger partial charge in [-0.2, -0.15) is 5.26 Å². The Morgan fingerprint density at radius 1 is 0.893 bits per heavy atom. The number of nitrogens with zero attached hydrogens (tertiary/aromatic N) is 1. The number of rotatable bonds is 8. The first kappa shape index (κ1) is 21.2. The topological polar surface area (TPSA) is 23.8 Å². The molecule has 0 aliphatic heterocycles. The Labute approximate surface area is 173 Å². The fourth-order valence-electron chi connectivity index (χ4n) is 5.59. The second-order valence-electron chi connectivity index (χ2n) is 9.22. The van der Waals surface area contributed by atoms with Crippen molar-refractivity contribution in [1.82, 2.24) is 0 Å². The molecule has 1 aromatic carbocycles. The van der Waals surface area contributed by atoms with Gasteiger partial charge in [-0.25, -0.2) is 0 Å². The van der Waals surface area contributed by atoms with Crippen molar-refractivity contribution in [3.8, 4) is 6.07 Å². The van der Waals surface area contributed by atoms with Gasteiger partial charge >= 0.3 is 0 Å². The minimum absolute atomic E-state index is 0.494. The summed E-state index contributed by atoms with van der Waals surface area (Å²) in [6.45, 7) is 4.57. The molecule has 0 radical (unpaired) electrons. The average Bonchev–Trinajstić information content (AvgIpc) is 2.75. The summed E-state index contributed by atoms with van der Waals surface area (Å²) in [5.74, 6) is 2.21. The van der Waals surface area contributed by atoms with E-state index in [2.05, 4.69) is 44.2 Å². The van der Waals surface area contributed by atoms with E-state index < -0.39 is 0 Å². The van der Waals surface area contributed by atoms with Gasteiger partial charge in [0.15, 0.2) is 0 Å². The standard InChI is InChI=1S/C27H39N/c1-3-5-6-9-24-10-7-11-26(27(24)20-28)25-18-16-23(17-19-25)22-14-12-21(8-4-2)13-15-22/h16-19,21-22,24H,3-15H2,1-2H3. The highest BCUT2D eigenvalue weighted by Gasteiger charge is 2.25. The summed E-state index contributed by atoms with van der Waals surface area (Å²) in [6, 6.07) is 12.0. The van der Waals surface area contributed by atoms with Crippen molar-refractivity contribution < 1.29 is 0 Å². The van der Waals surface area contributed by atoms with E-state index in [4.69, 9.17) is 0 Å². The SMILES string of the molecule is CCCCCC1CCCC(c2ccc(C3CCC(CCC)CC3)cc2)=C1C#N. The minimum atomic E-state index is 0.494. The van der Waals surface area contributed by atoms with Gasteiger partial charge in [0.2, 0.25) is 0 Å². The van der Waals surface area contributed by atoms with E-state index in [9.17, 15) is 5.26 Å². The molecule has 1 fully saturated rings. The van der Waals surface area contributed by atoms with Gasteiger partial charge in [-0.05, 0) is 85.8 Å². The van der Waals surface area contributed by atoms with Gasteiger partial charge in [-0.1, -0.05) is 70.2 Å². The van der Waals surface area contributed by atoms with Crippen LogP contribution in [0.4, 0.5) is 0 Å². The molecule has 0 saturated heterocycles. The second-order valence-corrected chi connectivity index (χ2v) is 9.22. The van der Waals surface area contributed by atoms with Crippen LogP contribution in [0.3, 0.4) is 0 Å². The van der Waals surface area contributed by atoms with E-state index in [0.717, 1.165) is 23.8 Å². The van der Waals surface area contributed by atoms with Crippen LogP contribution in [0.2, 0.25) is 0 Å². The van der Waals surface area contributed by atoms with E-state index in [1.807, 2.05) is 0 Å². The van der Waals surface area contributed by atoms with Crippen LogP contribution >= 0.6 is 0 Å². The Bertz CT molecular complexity index is 667. The summed E-state index contributed by atoms with van der Waals surface area (Å²) in [4.78, 5) is 0. The molecule has 1 aromatic rings. The fourth-order valence-corrected chi connectivity index (χ4v) is 5.59. The molecule has 0 heterocycles. The molecule has 3 rings (SSSR count). The smallest absolute Gasteiger partial charge is 0.0953 e. The molecule has 0 bridgehead atoms. The Morgan fingerprint density at radius 3 is 2.29 bits per heavy atom. The number of nitriles is 1. The highest BCUT2D eigenvalue weighted by atomic mass is 14.3. The van der Waals surface area contributed by atoms with Crippen molar-refractivity contribution >= 4 is 5.57 Å². The lowest BCUT2D eigenvalue weighted by Crippen LogP contribution is -2.13. The maximum absolute atomic E-state index is 9.87. The lowest BCUT2D eigenvalue weighted by atomic mass is 9.76. The normalized spacial score (nSPS) is 25.5. The van der Waals surface area contributed by atoms with E-state index >= 15 is 0 Å².